The lowest BCUT2D eigenvalue weighted by atomic mass is 9.97. The van der Waals surface area contributed by atoms with Crippen molar-refractivity contribution in [3.05, 3.63) is 47.7 Å². The Kier molecular flexibility index (Phi) is 5.61. The average Bonchev–Trinajstić information content (AvgIpc) is 3.35. The van der Waals surface area contributed by atoms with Crippen molar-refractivity contribution in [3.63, 3.8) is 0 Å². The molecule has 13 heteroatoms. The van der Waals surface area contributed by atoms with Crippen LogP contribution in [0.15, 0.2) is 41.6 Å². The minimum atomic E-state index is -3.61. The summed E-state index contributed by atoms with van der Waals surface area (Å²) in [4.78, 5) is 13.0. The molecule has 3 atom stereocenters. The first-order valence-corrected chi connectivity index (χ1v) is 9.51. The Labute approximate surface area is 177 Å². The van der Waals surface area contributed by atoms with Crippen LogP contribution in [0.3, 0.4) is 0 Å². The number of rotatable bonds is 5. The van der Waals surface area contributed by atoms with E-state index in [4.69, 9.17) is 0 Å². The first-order chi connectivity index (χ1) is 15.1. The first-order valence-electron chi connectivity index (χ1n) is 9.51. The van der Waals surface area contributed by atoms with Gasteiger partial charge < -0.3 is 10.4 Å². The van der Waals surface area contributed by atoms with E-state index in [-0.39, 0.29) is 17.2 Å². The summed E-state index contributed by atoms with van der Waals surface area (Å²) < 4.78 is 81.4. The zero-order chi connectivity index (χ0) is 23.2. The number of carbonyl (C=O) groups is 1. The fourth-order valence-corrected chi connectivity index (χ4v) is 3.81. The Morgan fingerprint density at radius 1 is 1.16 bits per heavy atom. The van der Waals surface area contributed by atoms with Gasteiger partial charge in [-0.15, -0.1) is 0 Å². The molecule has 0 radical (unpaired) electrons. The van der Waals surface area contributed by atoms with Crippen molar-refractivity contribution in [2.24, 2.45) is 5.10 Å². The van der Waals surface area contributed by atoms with E-state index in [1.165, 1.54) is 0 Å². The van der Waals surface area contributed by atoms with E-state index < -0.39 is 60.7 Å². The molecule has 0 bridgehead atoms. The molecular weight excluding hydrogens is 444 g/mol. The summed E-state index contributed by atoms with van der Waals surface area (Å²) in [7, 11) is 0. The third-order valence-electron chi connectivity index (χ3n) is 5.45. The number of hydrogen-bond acceptors (Lipinski definition) is 5. The van der Waals surface area contributed by atoms with Crippen molar-refractivity contribution in [1.82, 2.24) is 14.8 Å². The van der Waals surface area contributed by atoms with E-state index >= 15 is 0 Å². The van der Waals surface area contributed by atoms with Gasteiger partial charge in [0.25, 0.3) is 25.2 Å². The highest BCUT2D eigenvalue weighted by Crippen LogP contribution is 2.41. The molecule has 0 fully saturated rings. The molecule has 0 saturated heterocycles. The number of aromatic nitrogens is 2. The Bertz CT molecular complexity index is 1030. The maximum Gasteiger partial charge on any atom is 0.287 e. The molecule has 2 aliphatic rings. The number of alkyl halides is 6. The number of nitrogens with one attached hydrogen (secondary N) is 1. The summed E-state index contributed by atoms with van der Waals surface area (Å²) in [5.41, 5.74) is -4.22. The van der Waals surface area contributed by atoms with Gasteiger partial charge in [-0.05, 0) is 12.0 Å². The topological polar surface area (TPSA) is 82.8 Å². The second kappa shape index (κ2) is 8.11. The highest BCUT2D eigenvalue weighted by atomic mass is 19.3. The molecule has 4 rings (SSSR count). The molecule has 1 amide bonds. The summed E-state index contributed by atoms with van der Waals surface area (Å²) in [6.45, 7) is 0. The summed E-state index contributed by atoms with van der Waals surface area (Å²) in [5, 5.41) is 20.0. The number of hydrazone groups is 1. The Morgan fingerprint density at radius 3 is 2.44 bits per heavy atom. The monoisotopic (exact) mass is 461 g/mol. The van der Waals surface area contributed by atoms with Gasteiger partial charge in [0.2, 0.25) is 5.72 Å². The molecule has 0 aliphatic carbocycles. The minimum Gasteiger partial charge on any atom is -0.364 e. The summed E-state index contributed by atoms with van der Waals surface area (Å²) >= 11 is 0. The second-order valence-electron chi connectivity index (χ2n) is 7.46. The highest BCUT2D eigenvalue weighted by Gasteiger charge is 2.54. The fraction of sp³-hybridized carbons (Fsp3) is 0.421. The highest BCUT2D eigenvalue weighted by molar-refractivity contribution is 6.02. The van der Waals surface area contributed by atoms with Gasteiger partial charge >= 0.3 is 0 Å². The number of nitrogens with zero attached hydrogens (tertiary/aromatic N) is 4. The van der Waals surface area contributed by atoms with Crippen LogP contribution in [0.5, 0.6) is 0 Å². The van der Waals surface area contributed by atoms with Crippen LogP contribution >= 0.6 is 0 Å². The molecule has 0 unspecified atom stereocenters. The molecule has 7 nitrogen and oxygen atoms in total. The maximum atomic E-state index is 13.7. The standard InChI is InChI=1S/C19H17F6N5O2/c20-14(21)12-7-19(32,18(24)25)30(28-12)17(31)10-8-26-29-13(15(22)23)6-11(27-16(10)29)9-4-2-1-3-5-9/h1-5,8,11,13-15,18,27,32H,6-7H2/t11-,13+,19-/m1/s1. The van der Waals surface area contributed by atoms with Gasteiger partial charge in [-0.2, -0.15) is 15.2 Å². The van der Waals surface area contributed by atoms with Crippen LogP contribution in [0, 0.1) is 0 Å². The van der Waals surface area contributed by atoms with Crippen LogP contribution < -0.4 is 5.32 Å². The third kappa shape index (κ3) is 3.59. The fourth-order valence-electron chi connectivity index (χ4n) is 3.81. The Morgan fingerprint density at radius 2 is 1.84 bits per heavy atom. The third-order valence-corrected chi connectivity index (χ3v) is 5.45. The van der Waals surface area contributed by atoms with Crippen molar-refractivity contribution in [3.8, 4) is 0 Å². The van der Waals surface area contributed by atoms with Crippen LogP contribution in [-0.4, -0.2) is 56.5 Å². The SMILES string of the molecule is O=C(c1cnn2c1N[C@@H](c1ccccc1)C[C@H]2C(F)F)N1N=C(C(F)F)C[C@@]1(O)C(F)F. The van der Waals surface area contributed by atoms with Crippen molar-refractivity contribution in [2.45, 2.75) is 49.9 Å². The van der Waals surface area contributed by atoms with E-state index in [0.717, 1.165) is 10.9 Å². The quantitative estimate of drug-likeness (QED) is 0.666. The number of aliphatic hydroxyl groups is 1. The van der Waals surface area contributed by atoms with Crippen molar-refractivity contribution in [1.29, 1.82) is 0 Å². The lowest BCUT2D eigenvalue weighted by Gasteiger charge is -2.33. The van der Waals surface area contributed by atoms with E-state index in [9.17, 15) is 36.2 Å². The van der Waals surface area contributed by atoms with E-state index in [2.05, 4.69) is 15.5 Å². The first kappa shape index (κ1) is 22.1. The van der Waals surface area contributed by atoms with Crippen LogP contribution in [0.4, 0.5) is 32.2 Å². The smallest absolute Gasteiger partial charge is 0.287 e. The largest absolute Gasteiger partial charge is 0.364 e. The number of fused-ring (bicyclic) bond motifs is 1. The molecule has 2 aliphatic heterocycles. The molecule has 2 aromatic rings. The predicted molar refractivity (Wildman–Crippen MR) is 99.9 cm³/mol. The molecular formula is C19H17F6N5O2. The zero-order valence-corrected chi connectivity index (χ0v) is 16.2. The van der Waals surface area contributed by atoms with Gasteiger partial charge in [0, 0.05) is 6.42 Å². The molecule has 3 heterocycles. The number of hydrogen-bond donors (Lipinski definition) is 2. The van der Waals surface area contributed by atoms with E-state index in [1.807, 2.05) is 0 Å². The number of anilines is 1. The predicted octanol–water partition coefficient (Wildman–Crippen LogP) is 3.67. The maximum absolute atomic E-state index is 13.7. The summed E-state index contributed by atoms with van der Waals surface area (Å²) in [5.74, 6) is -1.59. The van der Waals surface area contributed by atoms with Gasteiger partial charge in [-0.25, -0.2) is 31.0 Å². The van der Waals surface area contributed by atoms with Crippen LogP contribution in [0.1, 0.15) is 40.8 Å². The van der Waals surface area contributed by atoms with Crippen LogP contribution in [0.2, 0.25) is 0 Å². The lowest BCUT2D eigenvalue weighted by molar-refractivity contribution is -0.164. The van der Waals surface area contributed by atoms with Crippen LogP contribution in [-0.2, 0) is 0 Å². The summed E-state index contributed by atoms with van der Waals surface area (Å²) in [6, 6.07) is 6.38. The Hall–Kier alpha value is -3.09. The van der Waals surface area contributed by atoms with Gasteiger partial charge in [-0.3, -0.25) is 4.79 Å². The van der Waals surface area contributed by atoms with Crippen molar-refractivity contribution in [2.75, 3.05) is 5.32 Å². The van der Waals surface area contributed by atoms with Crippen molar-refractivity contribution >= 4 is 17.4 Å². The normalized spacial score (nSPS) is 25.3. The number of halogens is 6. The van der Waals surface area contributed by atoms with Crippen molar-refractivity contribution < 1.29 is 36.2 Å². The van der Waals surface area contributed by atoms with E-state index in [0.29, 0.717) is 5.56 Å². The van der Waals surface area contributed by atoms with Crippen LogP contribution in [0.25, 0.3) is 0 Å². The Balaban J connectivity index is 1.74. The van der Waals surface area contributed by atoms with Gasteiger partial charge in [0.1, 0.15) is 23.1 Å². The molecule has 0 spiro atoms. The molecule has 1 aromatic carbocycles. The number of carbonyl (C=O) groups excluding carboxylic acids is 1. The van der Waals surface area contributed by atoms with Gasteiger partial charge in [-0.1, -0.05) is 30.3 Å². The molecule has 1 aromatic heterocycles. The summed E-state index contributed by atoms with van der Waals surface area (Å²) in [6.07, 6.45) is -10.2. The zero-order valence-electron chi connectivity index (χ0n) is 16.2. The van der Waals surface area contributed by atoms with E-state index in [1.54, 1.807) is 30.3 Å². The molecule has 2 N–H and O–H groups in total. The second-order valence-corrected chi connectivity index (χ2v) is 7.46. The average molecular weight is 461 g/mol. The number of amides is 1. The molecule has 172 valence electrons. The minimum absolute atomic E-state index is 0.0810. The van der Waals surface area contributed by atoms with Gasteiger partial charge in [0.15, 0.2) is 0 Å². The molecule has 32 heavy (non-hydrogen) atoms. The lowest BCUT2D eigenvalue weighted by Crippen LogP contribution is -2.51. The van der Waals surface area contributed by atoms with Gasteiger partial charge in [0.05, 0.1) is 12.2 Å². The number of benzene rings is 1. The molecule has 0 saturated carbocycles.